The fourth-order valence-corrected chi connectivity index (χ4v) is 3.29. The molecule has 0 spiro atoms. The van der Waals surface area contributed by atoms with E-state index in [1.807, 2.05) is 24.2 Å². The topological polar surface area (TPSA) is 50.3 Å². The maximum atomic E-state index is 4.98. The Morgan fingerprint density at radius 1 is 1.47 bits per heavy atom. The van der Waals surface area contributed by atoms with Crippen LogP contribution in [0.4, 0.5) is 5.95 Å². The highest BCUT2D eigenvalue weighted by atomic mass is 32.2. The number of thioether (sulfide) groups is 1. The number of nitrogens with zero attached hydrogens (tertiary/aromatic N) is 3. The Balaban J connectivity index is 1.83. The van der Waals surface area contributed by atoms with Gasteiger partial charge in [-0.15, -0.1) is 0 Å². The molecule has 0 saturated carbocycles. The summed E-state index contributed by atoms with van der Waals surface area (Å²) in [7, 11) is 3.79. The second-order valence-electron chi connectivity index (χ2n) is 4.69. The van der Waals surface area contributed by atoms with Gasteiger partial charge in [0.1, 0.15) is 0 Å². The number of hydrogen-bond acceptors (Lipinski definition) is 6. The molecule has 1 N–H and O–H groups in total. The summed E-state index contributed by atoms with van der Waals surface area (Å²) >= 11 is 2.00. The molecule has 0 bridgehead atoms. The first kappa shape index (κ1) is 14.6. The number of hydrogen-bond donors (Lipinski definition) is 1. The number of ether oxygens (including phenoxy) is 1. The SMILES string of the molecule is COCCNCc1cnc(N(C)C2CCSC2)nc1. The minimum absolute atomic E-state index is 0.579. The Hall–Kier alpha value is -0.850. The molecular formula is C13H22N4OS. The van der Waals surface area contributed by atoms with E-state index >= 15 is 0 Å². The van der Waals surface area contributed by atoms with E-state index in [-0.39, 0.29) is 0 Å². The van der Waals surface area contributed by atoms with Crippen LogP contribution in [0.5, 0.6) is 0 Å². The summed E-state index contributed by atoms with van der Waals surface area (Å²) in [6.45, 7) is 2.35. The summed E-state index contributed by atoms with van der Waals surface area (Å²) in [4.78, 5) is 11.1. The highest BCUT2D eigenvalue weighted by molar-refractivity contribution is 7.99. The predicted molar refractivity (Wildman–Crippen MR) is 79.7 cm³/mol. The summed E-state index contributed by atoms with van der Waals surface area (Å²) in [5.74, 6) is 3.25. The largest absolute Gasteiger partial charge is 0.383 e. The molecule has 1 fully saturated rings. The van der Waals surface area contributed by atoms with Crippen LogP contribution in [-0.2, 0) is 11.3 Å². The van der Waals surface area contributed by atoms with Gasteiger partial charge in [-0.1, -0.05) is 0 Å². The van der Waals surface area contributed by atoms with E-state index in [1.165, 1.54) is 17.9 Å². The number of nitrogens with one attached hydrogen (secondary N) is 1. The maximum absolute atomic E-state index is 4.98. The van der Waals surface area contributed by atoms with Crippen molar-refractivity contribution < 1.29 is 4.74 Å². The average Bonchev–Trinajstić information content (AvgIpc) is 2.98. The minimum Gasteiger partial charge on any atom is -0.383 e. The normalized spacial score (nSPS) is 18.7. The van der Waals surface area contributed by atoms with Gasteiger partial charge in [-0.05, 0) is 12.2 Å². The lowest BCUT2D eigenvalue weighted by Crippen LogP contribution is -2.32. The van der Waals surface area contributed by atoms with Crippen molar-refractivity contribution in [3.05, 3.63) is 18.0 Å². The van der Waals surface area contributed by atoms with E-state index in [2.05, 4.69) is 27.2 Å². The summed E-state index contributed by atoms with van der Waals surface area (Å²) in [6, 6.07) is 0.579. The van der Waals surface area contributed by atoms with Crippen molar-refractivity contribution in [2.75, 3.05) is 43.7 Å². The molecule has 1 aromatic rings. The molecule has 0 amide bonds. The van der Waals surface area contributed by atoms with Crippen LogP contribution in [0.3, 0.4) is 0 Å². The molecule has 1 saturated heterocycles. The van der Waals surface area contributed by atoms with E-state index < -0.39 is 0 Å². The summed E-state index contributed by atoms with van der Waals surface area (Å²) in [5.41, 5.74) is 1.11. The van der Waals surface area contributed by atoms with Gasteiger partial charge >= 0.3 is 0 Å². The Kier molecular flexibility index (Phi) is 5.88. The molecule has 6 heteroatoms. The van der Waals surface area contributed by atoms with Crippen molar-refractivity contribution in [1.29, 1.82) is 0 Å². The van der Waals surface area contributed by atoms with Crippen LogP contribution >= 0.6 is 11.8 Å². The first-order valence-electron chi connectivity index (χ1n) is 6.62. The molecule has 1 aliphatic rings. The maximum Gasteiger partial charge on any atom is 0.225 e. The van der Waals surface area contributed by atoms with Crippen LogP contribution in [0.2, 0.25) is 0 Å². The number of methoxy groups -OCH3 is 1. The van der Waals surface area contributed by atoms with Crippen molar-refractivity contribution in [3.8, 4) is 0 Å². The fourth-order valence-electron chi connectivity index (χ4n) is 2.02. The van der Waals surface area contributed by atoms with Gasteiger partial charge in [-0.2, -0.15) is 11.8 Å². The van der Waals surface area contributed by atoms with Crippen molar-refractivity contribution in [2.24, 2.45) is 0 Å². The van der Waals surface area contributed by atoms with E-state index in [9.17, 15) is 0 Å². The zero-order valence-corrected chi connectivity index (χ0v) is 12.4. The summed E-state index contributed by atoms with van der Waals surface area (Å²) in [6.07, 6.45) is 5.03. The van der Waals surface area contributed by atoms with Crippen molar-refractivity contribution >= 4 is 17.7 Å². The van der Waals surface area contributed by atoms with E-state index in [0.29, 0.717) is 6.04 Å². The van der Waals surface area contributed by atoms with Crippen LogP contribution < -0.4 is 10.2 Å². The zero-order chi connectivity index (χ0) is 13.5. The number of aromatic nitrogens is 2. The number of rotatable bonds is 7. The van der Waals surface area contributed by atoms with Crippen LogP contribution in [-0.4, -0.2) is 54.8 Å². The lowest BCUT2D eigenvalue weighted by atomic mass is 10.2. The monoisotopic (exact) mass is 282 g/mol. The molecule has 2 heterocycles. The minimum atomic E-state index is 0.579. The van der Waals surface area contributed by atoms with Gasteiger partial charge < -0.3 is 15.0 Å². The molecule has 106 valence electrons. The molecule has 0 aliphatic carbocycles. The second-order valence-corrected chi connectivity index (χ2v) is 5.84. The number of anilines is 1. The molecule has 5 nitrogen and oxygen atoms in total. The standard InChI is InChI=1S/C13H22N4OS/c1-17(12-3-6-19-10-12)13-15-8-11(9-16-13)7-14-4-5-18-2/h8-9,12,14H,3-7,10H2,1-2H3. The van der Waals surface area contributed by atoms with Gasteiger partial charge in [0.05, 0.1) is 6.61 Å². The molecule has 1 atom stereocenters. The van der Waals surface area contributed by atoms with Crippen molar-refractivity contribution in [1.82, 2.24) is 15.3 Å². The Labute approximate surface area is 119 Å². The van der Waals surface area contributed by atoms with Crippen LogP contribution in [0.25, 0.3) is 0 Å². The van der Waals surface area contributed by atoms with Crippen LogP contribution in [0.15, 0.2) is 12.4 Å². The zero-order valence-electron chi connectivity index (χ0n) is 11.6. The van der Waals surface area contributed by atoms with Gasteiger partial charge in [-0.25, -0.2) is 9.97 Å². The third-order valence-electron chi connectivity index (χ3n) is 3.27. The highest BCUT2D eigenvalue weighted by Gasteiger charge is 2.21. The molecule has 1 unspecified atom stereocenters. The second kappa shape index (κ2) is 7.67. The van der Waals surface area contributed by atoms with Gasteiger partial charge in [0.2, 0.25) is 5.95 Å². The molecule has 2 rings (SSSR count). The van der Waals surface area contributed by atoms with Crippen LogP contribution in [0, 0.1) is 0 Å². The fraction of sp³-hybridized carbons (Fsp3) is 0.692. The average molecular weight is 282 g/mol. The van der Waals surface area contributed by atoms with Gasteiger partial charge in [0.15, 0.2) is 0 Å². The third-order valence-corrected chi connectivity index (χ3v) is 4.42. The van der Waals surface area contributed by atoms with E-state index in [0.717, 1.165) is 31.2 Å². The molecule has 0 radical (unpaired) electrons. The lowest BCUT2D eigenvalue weighted by molar-refractivity contribution is 0.199. The Morgan fingerprint density at radius 2 is 2.26 bits per heavy atom. The third kappa shape index (κ3) is 4.33. The summed E-state index contributed by atoms with van der Waals surface area (Å²) < 4.78 is 4.98. The molecular weight excluding hydrogens is 260 g/mol. The first-order valence-corrected chi connectivity index (χ1v) is 7.78. The molecule has 19 heavy (non-hydrogen) atoms. The van der Waals surface area contributed by atoms with Crippen molar-refractivity contribution in [3.63, 3.8) is 0 Å². The highest BCUT2D eigenvalue weighted by Crippen LogP contribution is 2.23. The molecule has 1 aromatic heterocycles. The lowest BCUT2D eigenvalue weighted by Gasteiger charge is -2.23. The Morgan fingerprint density at radius 3 is 2.89 bits per heavy atom. The van der Waals surface area contributed by atoms with E-state index in [4.69, 9.17) is 4.74 Å². The van der Waals surface area contributed by atoms with Crippen molar-refractivity contribution in [2.45, 2.75) is 19.0 Å². The molecule has 1 aliphatic heterocycles. The summed E-state index contributed by atoms with van der Waals surface area (Å²) in [5, 5.41) is 3.28. The predicted octanol–water partition coefficient (Wildman–Crippen LogP) is 1.15. The molecule has 0 aromatic carbocycles. The quantitative estimate of drug-likeness (QED) is 0.757. The smallest absolute Gasteiger partial charge is 0.225 e. The van der Waals surface area contributed by atoms with Gasteiger partial charge in [0, 0.05) is 57.0 Å². The first-order chi connectivity index (χ1) is 9.31. The van der Waals surface area contributed by atoms with Gasteiger partial charge in [-0.3, -0.25) is 0 Å². The van der Waals surface area contributed by atoms with Crippen LogP contribution in [0.1, 0.15) is 12.0 Å². The van der Waals surface area contributed by atoms with E-state index in [1.54, 1.807) is 7.11 Å². The van der Waals surface area contributed by atoms with Gasteiger partial charge in [0.25, 0.3) is 0 Å². The Bertz CT molecular complexity index is 367.